The molecule has 1 aromatic carbocycles. The first-order valence-corrected chi connectivity index (χ1v) is 4.90. The summed E-state index contributed by atoms with van der Waals surface area (Å²) in [7, 11) is 1.24. The average molecular weight is 239 g/mol. The van der Waals surface area contributed by atoms with E-state index in [1.54, 1.807) is 30.3 Å². The monoisotopic (exact) mass is 239 g/mol. The normalized spacial score (nSPS) is 14.0. The van der Waals surface area contributed by atoms with Gasteiger partial charge in [0.05, 0.1) is 12.0 Å². The number of benzene rings is 1. The number of aliphatic hydroxyl groups excluding tert-OH is 1. The van der Waals surface area contributed by atoms with Crippen LogP contribution in [0.4, 0.5) is 0 Å². The van der Waals surface area contributed by atoms with Crippen molar-refractivity contribution >= 4 is 5.76 Å². The van der Waals surface area contributed by atoms with Gasteiger partial charge in [0.1, 0.15) is 0 Å². The van der Waals surface area contributed by atoms with E-state index < -0.39 is 22.5 Å². The van der Waals surface area contributed by atoms with Gasteiger partial charge in [-0.2, -0.15) is 0 Å². The molecule has 0 aliphatic carbocycles. The molecule has 0 radical (unpaired) electrons. The van der Waals surface area contributed by atoms with E-state index in [4.69, 9.17) is 0 Å². The van der Waals surface area contributed by atoms with Crippen LogP contribution in [-0.2, 0) is 9.78 Å². The molecule has 0 saturated heterocycles. The molecule has 0 bridgehead atoms. The molecule has 0 fully saturated rings. The lowest BCUT2D eigenvalue weighted by Crippen LogP contribution is -2.19. The van der Waals surface area contributed by atoms with Gasteiger partial charge in [0.25, 0.3) is 0 Å². The van der Waals surface area contributed by atoms with Crippen LogP contribution in [-0.4, -0.2) is 23.2 Å². The lowest BCUT2D eigenvalue weighted by Gasteiger charge is -2.09. The summed E-state index contributed by atoms with van der Waals surface area (Å²) in [5.74, 6) is -0.430. The van der Waals surface area contributed by atoms with Gasteiger partial charge >= 0.3 is 5.70 Å². The van der Waals surface area contributed by atoms with Crippen molar-refractivity contribution in [2.75, 3.05) is 7.11 Å². The zero-order valence-corrected chi connectivity index (χ0v) is 9.49. The summed E-state index contributed by atoms with van der Waals surface area (Å²) < 4.78 is 0. The van der Waals surface area contributed by atoms with E-state index in [1.807, 2.05) is 0 Å². The third-order valence-electron chi connectivity index (χ3n) is 2.11. The summed E-state index contributed by atoms with van der Waals surface area (Å²) in [4.78, 5) is 19.2. The van der Waals surface area contributed by atoms with Gasteiger partial charge < -0.3 is 5.11 Å². The third kappa shape index (κ3) is 3.27. The van der Waals surface area contributed by atoms with Gasteiger partial charge in [0, 0.05) is 5.56 Å². The molecule has 0 saturated carbocycles. The Morgan fingerprint density at radius 1 is 1.41 bits per heavy atom. The molecule has 0 aliphatic rings. The Balaban J connectivity index is 3.16. The molecule has 1 rings (SSSR count). The number of rotatable bonds is 5. The van der Waals surface area contributed by atoms with E-state index >= 15 is 0 Å². The molecule has 92 valence electrons. The van der Waals surface area contributed by atoms with E-state index in [9.17, 15) is 15.2 Å². The molecule has 0 heterocycles. The van der Waals surface area contributed by atoms with Gasteiger partial charge in [-0.15, -0.1) is 0 Å². The molecular weight excluding hydrogens is 226 g/mol. The molecule has 17 heavy (non-hydrogen) atoms. The minimum Gasteiger partial charge on any atom is -0.502 e. The Hall–Kier alpha value is -1.92. The first kappa shape index (κ1) is 13.1. The fourth-order valence-corrected chi connectivity index (χ4v) is 1.36. The van der Waals surface area contributed by atoms with Crippen LogP contribution in [0.2, 0.25) is 0 Å². The van der Waals surface area contributed by atoms with Crippen LogP contribution >= 0.6 is 0 Å². The first-order valence-electron chi connectivity index (χ1n) is 4.90. The summed E-state index contributed by atoms with van der Waals surface area (Å²) in [6, 6.07) is 8.23. The SMILES string of the molecule is COOC(C)/C(=C(\O)c1ccccc1)[N+](=O)[O-]. The zero-order valence-electron chi connectivity index (χ0n) is 9.49. The van der Waals surface area contributed by atoms with Gasteiger partial charge in [-0.1, -0.05) is 30.3 Å². The van der Waals surface area contributed by atoms with Gasteiger partial charge in [-0.25, -0.2) is 9.78 Å². The maximum absolute atomic E-state index is 10.9. The van der Waals surface area contributed by atoms with Gasteiger partial charge in [-0.3, -0.25) is 10.1 Å². The topological polar surface area (TPSA) is 81.8 Å². The van der Waals surface area contributed by atoms with Gasteiger partial charge in [0.2, 0.25) is 0 Å². The number of hydrogen-bond acceptors (Lipinski definition) is 5. The molecular formula is C11H13NO5. The minimum atomic E-state index is -0.977. The molecule has 1 unspecified atom stereocenters. The van der Waals surface area contributed by atoms with E-state index in [1.165, 1.54) is 14.0 Å². The van der Waals surface area contributed by atoms with Crippen LogP contribution < -0.4 is 0 Å². The van der Waals surface area contributed by atoms with E-state index in [0.717, 1.165) is 0 Å². The van der Waals surface area contributed by atoms with Crippen LogP contribution in [0.3, 0.4) is 0 Å². The largest absolute Gasteiger partial charge is 0.502 e. The van der Waals surface area contributed by atoms with Crippen molar-refractivity contribution in [1.29, 1.82) is 0 Å². The summed E-state index contributed by atoms with van der Waals surface area (Å²) in [5.41, 5.74) is -0.0937. The quantitative estimate of drug-likeness (QED) is 0.368. The number of nitro groups is 1. The predicted octanol–water partition coefficient (Wildman–Crippen LogP) is 2.16. The number of nitrogens with zero attached hydrogens (tertiary/aromatic N) is 1. The Morgan fingerprint density at radius 2 is 2.00 bits per heavy atom. The molecule has 1 N–H and O–H groups in total. The first-order chi connectivity index (χ1) is 8.07. The molecule has 1 aromatic rings. The minimum absolute atomic E-state index is 0.353. The van der Waals surface area contributed by atoms with Gasteiger partial charge in [-0.05, 0) is 6.92 Å². The second-order valence-electron chi connectivity index (χ2n) is 3.26. The van der Waals surface area contributed by atoms with Crippen molar-refractivity contribution in [2.24, 2.45) is 0 Å². The van der Waals surface area contributed by atoms with Crippen LogP contribution in [0.1, 0.15) is 12.5 Å². The van der Waals surface area contributed by atoms with Crippen molar-refractivity contribution in [2.45, 2.75) is 13.0 Å². The Bertz CT molecular complexity index is 415. The molecule has 0 amide bonds. The molecule has 0 spiro atoms. The van der Waals surface area contributed by atoms with Crippen LogP contribution in [0, 0.1) is 10.1 Å². The highest BCUT2D eigenvalue weighted by molar-refractivity contribution is 5.60. The molecule has 0 aliphatic heterocycles. The van der Waals surface area contributed by atoms with Crippen molar-refractivity contribution in [3.63, 3.8) is 0 Å². The molecule has 6 heteroatoms. The van der Waals surface area contributed by atoms with Crippen LogP contribution in [0.5, 0.6) is 0 Å². The molecule has 1 atom stereocenters. The summed E-state index contributed by atoms with van der Waals surface area (Å²) in [5, 5.41) is 20.7. The van der Waals surface area contributed by atoms with E-state index in [-0.39, 0.29) is 0 Å². The van der Waals surface area contributed by atoms with Crippen molar-refractivity contribution in [1.82, 2.24) is 0 Å². The maximum Gasteiger partial charge on any atom is 0.319 e. The summed E-state index contributed by atoms with van der Waals surface area (Å²) in [6.07, 6.45) is -0.977. The van der Waals surface area contributed by atoms with Crippen LogP contribution in [0.15, 0.2) is 36.0 Å². The summed E-state index contributed by atoms with van der Waals surface area (Å²) in [6.45, 7) is 1.42. The van der Waals surface area contributed by atoms with Gasteiger partial charge in [0.15, 0.2) is 11.9 Å². The second kappa shape index (κ2) is 5.97. The Kier molecular flexibility index (Phi) is 4.62. The summed E-state index contributed by atoms with van der Waals surface area (Å²) >= 11 is 0. The van der Waals surface area contributed by atoms with Crippen LogP contribution in [0.25, 0.3) is 5.76 Å². The van der Waals surface area contributed by atoms with Crippen molar-refractivity contribution in [3.05, 3.63) is 51.7 Å². The average Bonchev–Trinajstić information content (AvgIpc) is 2.30. The lowest BCUT2D eigenvalue weighted by molar-refractivity contribution is -0.450. The Morgan fingerprint density at radius 3 is 2.47 bits per heavy atom. The third-order valence-corrected chi connectivity index (χ3v) is 2.11. The van der Waals surface area contributed by atoms with Crippen molar-refractivity contribution in [3.8, 4) is 0 Å². The van der Waals surface area contributed by atoms with E-state index in [2.05, 4.69) is 9.78 Å². The molecule has 0 aromatic heterocycles. The van der Waals surface area contributed by atoms with E-state index in [0.29, 0.717) is 5.56 Å². The smallest absolute Gasteiger partial charge is 0.319 e. The fraction of sp³-hybridized carbons (Fsp3) is 0.273. The predicted molar refractivity (Wildman–Crippen MR) is 60.5 cm³/mol. The highest BCUT2D eigenvalue weighted by atomic mass is 17.2. The highest BCUT2D eigenvalue weighted by Crippen LogP contribution is 2.20. The zero-order chi connectivity index (χ0) is 12.8. The standard InChI is InChI=1S/C11H13NO5/c1-8(17-16-2)10(12(14)15)11(13)9-6-4-3-5-7-9/h3-8,13H,1-2H3/b11-10+. The number of hydrogen-bond donors (Lipinski definition) is 1. The fourth-order valence-electron chi connectivity index (χ4n) is 1.36. The highest BCUT2D eigenvalue weighted by Gasteiger charge is 2.28. The second-order valence-corrected chi connectivity index (χ2v) is 3.26. The lowest BCUT2D eigenvalue weighted by atomic mass is 10.1. The van der Waals surface area contributed by atoms with Crippen molar-refractivity contribution < 1.29 is 19.8 Å². The Labute approximate surface area is 98.2 Å². The number of aliphatic hydroxyl groups is 1. The molecule has 6 nitrogen and oxygen atoms in total. The maximum atomic E-state index is 10.9.